The van der Waals surface area contributed by atoms with Crippen LogP contribution in [-0.4, -0.2) is 18.0 Å². The maximum Gasteiger partial charge on any atom is 0.399 e. The summed E-state index contributed by atoms with van der Waals surface area (Å²) in [5.74, 6) is -1.13. The molecule has 0 unspecified atom stereocenters. The Morgan fingerprint density at radius 1 is 1.60 bits per heavy atom. The number of primary amides is 1. The molecule has 10 heavy (non-hydrogen) atoms. The first-order valence-electron chi connectivity index (χ1n) is 2.16. The number of rotatable bonds is 2. The van der Waals surface area contributed by atoms with Gasteiger partial charge < -0.3 is 5.73 Å². The Morgan fingerprint density at radius 3 is 2.40 bits per heavy atom. The standard InChI is InChI=1S/C3H5F3N2OS/c4-3(5,6)1-10-8-2(7)9/h1H2,(H3,7,8,9). The average molecular weight is 174 g/mol. The predicted molar refractivity (Wildman–Crippen MR) is 31.2 cm³/mol. The van der Waals surface area contributed by atoms with Gasteiger partial charge in [0.2, 0.25) is 0 Å². The van der Waals surface area contributed by atoms with Crippen molar-refractivity contribution >= 4 is 18.0 Å². The van der Waals surface area contributed by atoms with Crippen molar-refractivity contribution in [2.24, 2.45) is 5.73 Å². The highest BCUT2D eigenvalue weighted by atomic mass is 32.2. The van der Waals surface area contributed by atoms with E-state index in [0.29, 0.717) is 0 Å². The quantitative estimate of drug-likeness (QED) is 0.610. The van der Waals surface area contributed by atoms with E-state index >= 15 is 0 Å². The number of carbonyl (C=O) groups is 1. The number of hydrogen-bond acceptors (Lipinski definition) is 2. The zero-order chi connectivity index (χ0) is 8.20. The molecule has 0 aromatic carbocycles. The molecule has 2 amide bonds. The van der Waals surface area contributed by atoms with Gasteiger partial charge in [-0.15, -0.1) is 0 Å². The smallest absolute Gasteiger partial charge is 0.351 e. The molecule has 0 heterocycles. The number of amides is 2. The minimum Gasteiger partial charge on any atom is -0.351 e. The van der Waals surface area contributed by atoms with Crippen molar-refractivity contribution in [1.29, 1.82) is 0 Å². The fourth-order valence-electron chi connectivity index (χ4n) is 0.189. The van der Waals surface area contributed by atoms with Gasteiger partial charge in [0.15, 0.2) is 0 Å². The summed E-state index contributed by atoms with van der Waals surface area (Å²) in [6, 6.07) is -0.978. The van der Waals surface area contributed by atoms with E-state index < -0.39 is 18.0 Å². The fraction of sp³-hybridized carbons (Fsp3) is 0.667. The number of nitrogens with one attached hydrogen (secondary N) is 1. The monoisotopic (exact) mass is 174 g/mol. The van der Waals surface area contributed by atoms with Crippen LogP contribution in [0.15, 0.2) is 0 Å². The maximum absolute atomic E-state index is 11.3. The molecule has 0 atom stereocenters. The van der Waals surface area contributed by atoms with Crippen LogP contribution < -0.4 is 10.5 Å². The third-order valence-corrected chi connectivity index (χ3v) is 1.23. The van der Waals surface area contributed by atoms with Crippen LogP contribution in [0, 0.1) is 0 Å². The van der Waals surface area contributed by atoms with Crippen molar-refractivity contribution in [2.75, 3.05) is 5.75 Å². The summed E-state index contributed by atoms with van der Waals surface area (Å²) >= 11 is 0.219. The third kappa shape index (κ3) is 7.41. The molecule has 60 valence electrons. The van der Waals surface area contributed by atoms with Crippen molar-refractivity contribution < 1.29 is 18.0 Å². The van der Waals surface area contributed by atoms with Gasteiger partial charge in [-0.3, -0.25) is 4.72 Å². The maximum atomic E-state index is 11.3. The minimum absolute atomic E-state index is 0.219. The van der Waals surface area contributed by atoms with Gasteiger partial charge in [-0.1, -0.05) is 0 Å². The molecule has 0 saturated carbocycles. The van der Waals surface area contributed by atoms with E-state index in [0.717, 1.165) is 0 Å². The topological polar surface area (TPSA) is 55.1 Å². The molecule has 0 aromatic rings. The van der Waals surface area contributed by atoms with E-state index in [1.165, 1.54) is 0 Å². The van der Waals surface area contributed by atoms with E-state index in [4.69, 9.17) is 0 Å². The summed E-state index contributed by atoms with van der Waals surface area (Å²) in [6.45, 7) is 0. The van der Waals surface area contributed by atoms with Gasteiger partial charge in [0.05, 0.1) is 0 Å². The van der Waals surface area contributed by atoms with Gasteiger partial charge in [0.1, 0.15) is 5.75 Å². The molecule has 0 radical (unpaired) electrons. The Kier molecular flexibility index (Phi) is 3.34. The van der Waals surface area contributed by atoms with Crippen molar-refractivity contribution in [1.82, 2.24) is 4.72 Å². The number of hydrogen-bond donors (Lipinski definition) is 2. The van der Waals surface area contributed by atoms with Crippen molar-refractivity contribution in [3.05, 3.63) is 0 Å². The highest BCUT2D eigenvalue weighted by Crippen LogP contribution is 2.18. The summed E-state index contributed by atoms with van der Waals surface area (Å²) in [4.78, 5) is 9.81. The van der Waals surface area contributed by atoms with Crippen LogP contribution >= 0.6 is 11.9 Å². The first-order chi connectivity index (χ1) is 4.42. The summed E-state index contributed by atoms with van der Waals surface area (Å²) < 4.78 is 35.6. The Balaban J connectivity index is 3.29. The van der Waals surface area contributed by atoms with Crippen LogP contribution in [0.3, 0.4) is 0 Å². The molecule has 0 bridgehead atoms. The molecule has 0 aromatic heterocycles. The molecule has 0 spiro atoms. The lowest BCUT2D eigenvalue weighted by Crippen LogP contribution is -2.25. The van der Waals surface area contributed by atoms with Gasteiger partial charge >= 0.3 is 12.2 Å². The Hall–Kier alpha value is -0.590. The number of alkyl halides is 3. The lowest BCUT2D eigenvalue weighted by molar-refractivity contribution is -0.105. The Labute approximate surface area is 59.3 Å². The molecule has 3 N–H and O–H groups in total. The summed E-state index contributed by atoms with van der Waals surface area (Å²) in [6.07, 6.45) is -4.27. The number of urea groups is 1. The van der Waals surface area contributed by atoms with E-state index in [9.17, 15) is 18.0 Å². The molecular weight excluding hydrogens is 169 g/mol. The molecule has 0 rings (SSSR count). The van der Waals surface area contributed by atoms with Gasteiger partial charge in [-0.25, -0.2) is 4.79 Å². The first-order valence-corrected chi connectivity index (χ1v) is 3.14. The van der Waals surface area contributed by atoms with Gasteiger partial charge in [-0.2, -0.15) is 13.2 Å². The first kappa shape index (κ1) is 9.41. The van der Waals surface area contributed by atoms with Crippen LogP contribution in [-0.2, 0) is 0 Å². The summed E-state index contributed by atoms with van der Waals surface area (Å²) in [5, 5.41) is 0. The second-order valence-electron chi connectivity index (χ2n) is 1.37. The normalized spacial score (nSPS) is 11.1. The number of halogens is 3. The highest BCUT2D eigenvalue weighted by molar-refractivity contribution is 7.97. The van der Waals surface area contributed by atoms with E-state index in [1.807, 2.05) is 0 Å². The molecule has 0 aliphatic heterocycles. The lowest BCUT2D eigenvalue weighted by atomic mass is 10.8. The molecular formula is C3H5F3N2OS. The van der Waals surface area contributed by atoms with E-state index in [2.05, 4.69) is 5.73 Å². The van der Waals surface area contributed by atoms with Crippen LogP contribution in [0.2, 0.25) is 0 Å². The lowest BCUT2D eigenvalue weighted by Gasteiger charge is -2.03. The van der Waals surface area contributed by atoms with Crippen molar-refractivity contribution in [2.45, 2.75) is 6.18 Å². The number of nitrogens with two attached hydrogens (primary N) is 1. The zero-order valence-electron chi connectivity index (χ0n) is 4.73. The van der Waals surface area contributed by atoms with Gasteiger partial charge in [0.25, 0.3) is 0 Å². The van der Waals surface area contributed by atoms with Crippen molar-refractivity contribution in [3.8, 4) is 0 Å². The highest BCUT2D eigenvalue weighted by Gasteiger charge is 2.27. The SMILES string of the molecule is NC(=O)NSCC(F)(F)F. The molecule has 0 saturated heterocycles. The fourth-order valence-corrected chi connectivity index (χ4v) is 0.567. The predicted octanol–water partition coefficient (Wildman–Crippen LogP) is 0.865. The van der Waals surface area contributed by atoms with Gasteiger partial charge in [0, 0.05) is 0 Å². The Morgan fingerprint density at radius 2 is 2.10 bits per heavy atom. The minimum atomic E-state index is -4.27. The summed E-state index contributed by atoms with van der Waals surface area (Å²) in [5.41, 5.74) is 4.48. The van der Waals surface area contributed by atoms with Crippen LogP contribution in [0.25, 0.3) is 0 Å². The second kappa shape index (κ2) is 3.55. The van der Waals surface area contributed by atoms with E-state index in [-0.39, 0.29) is 11.9 Å². The molecule has 7 heteroatoms. The molecule has 0 aliphatic rings. The van der Waals surface area contributed by atoms with Crippen LogP contribution in [0.4, 0.5) is 18.0 Å². The van der Waals surface area contributed by atoms with Crippen LogP contribution in [0.5, 0.6) is 0 Å². The molecule has 0 fully saturated rings. The second-order valence-corrected chi connectivity index (χ2v) is 2.15. The third-order valence-electron chi connectivity index (χ3n) is 0.409. The largest absolute Gasteiger partial charge is 0.399 e. The van der Waals surface area contributed by atoms with E-state index in [1.54, 1.807) is 4.72 Å². The molecule has 3 nitrogen and oxygen atoms in total. The zero-order valence-corrected chi connectivity index (χ0v) is 5.55. The Bertz CT molecular complexity index is 125. The average Bonchev–Trinajstić information content (AvgIpc) is 1.59. The molecule has 0 aliphatic carbocycles. The number of carbonyl (C=O) groups excluding carboxylic acids is 1. The van der Waals surface area contributed by atoms with Gasteiger partial charge in [-0.05, 0) is 11.9 Å². The van der Waals surface area contributed by atoms with Crippen molar-refractivity contribution in [3.63, 3.8) is 0 Å². The summed E-state index contributed by atoms with van der Waals surface area (Å²) in [7, 11) is 0. The van der Waals surface area contributed by atoms with Crippen LogP contribution in [0.1, 0.15) is 0 Å².